The Hall–Kier alpha value is -3.58. The van der Waals surface area contributed by atoms with Gasteiger partial charge in [0.05, 0.1) is 7.11 Å². The van der Waals surface area contributed by atoms with E-state index in [1.807, 2.05) is 48.5 Å². The zero-order valence-corrected chi connectivity index (χ0v) is 16.3. The van der Waals surface area contributed by atoms with Gasteiger partial charge in [0.2, 0.25) is 0 Å². The van der Waals surface area contributed by atoms with Gasteiger partial charge in [0.25, 0.3) is 5.95 Å². The number of amides is 2. The predicted molar refractivity (Wildman–Crippen MR) is 112 cm³/mol. The minimum absolute atomic E-state index is 0.207. The van der Waals surface area contributed by atoms with Crippen molar-refractivity contribution in [3.63, 3.8) is 0 Å². The van der Waals surface area contributed by atoms with Crippen molar-refractivity contribution in [3.8, 4) is 16.9 Å². The molecule has 0 fully saturated rings. The molecule has 2 aromatic carbocycles. The molecule has 29 heavy (non-hydrogen) atoms. The molecule has 0 atom stereocenters. The molecule has 7 nitrogen and oxygen atoms in total. The Morgan fingerprint density at radius 2 is 1.93 bits per heavy atom. The summed E-state index contributed by atoms with van der Waals surface area (Å²) in [5.74, 6) is 1.02. The Labute approximate surface area is 172 Å². The van der Waals surface area contributed by atoms with Crippen molar-refractivity contribution in [1.82, 2.24) is 19.9 Å². The lowest BCUT2D eigenvalue weighted by atomic mass is 10.0. The molecule has 0 unspecified atom stereocenters. The van der Waals surface area contributed by atoms with E-state index in [9.17, 15) is 4.79 Å². The molecule has 0 spiro atoms. The van der Waals surface area contributed by atoms with Crippen molar-refractivity contribution in [3.05, 3.63) is 77.4 Å². The number of hydrogen-bond acceptors (Lipinski definition) is 4. The Kier molecular flexibility index (Phi) is 5.31. The third-order valence-corrected chi connectivity index (χ3v) is 4.57. The highest BCUT2D eigenvalue weighted by molar-refractivity contribution is 6.30. The number of aromatic nitrogens is 3. The average Bonchev–Trinajstić information content (AvgIpc) is 3.14. The Balaban J connectivity index is 1.36. The van der Waals surface area contributed by atoms with Crippen LogP contribution in [-0.2, 0) is 6.54 Å². The summed E-state index contributed by atoms with van der Waals surface area (Å²) in [5.41, 5.74) is 3.67. The first-order valence-electron chi connectivity index (χ1n) is 8.91. The van der Waals surface area contributed by atoms with Gasteiger partial charge in [0.15, 0.2) is 5.65 Å². The second kappa shape index (κ2) is 8.20. The number of halogens is 1. The van der Waals surface area contributed by atoms with Crippen LogP contribution < -0.4 is 15.4 Å². The van der Waals surface area contributed by atoms with Gasteiger partial charge in [-0.1, -0.05) is 48.0 Å². The maximum Gasteiger partial charge on any atom is 0.321 e. The number of nitrogens with one attached hydrogen (secondary N) is 2. The molecule has 4 aromatic rings. The number of anilines is 1. The number of pyridine rings is 1. The van der Waals surface area contributed by atoms with E-state index in [0.717, 1.165) is 22.4 Å². The molecule has 2 amide bonds. The summed E-state index contributed by atoms with van der Waals surface area (Å²) in [4.78, 5) is 16.4. The van der Waals surface area contributed by atoms with E-state index in [1.54, 1.807) is 30.0 Å². The molecule has 0 bridgehead atoms. The van der Waals surface area contributed by atoms with Crippen LogP contribution in [0, 0.1) is 0 Å². The molecule has 2 N–H and O–H groups in total. The highest BCUT2D eigenvalue weighted by atomic mass is 35.5. The van der Waals surface area contributed by atoms with Crippen LogP contribution >= 0.6 is 11.6 Å². The average molecular weight is 408 g/mol. The fourth-order valence-corrected chi connectivity index (χ4v) is 3.01. The van der Waals surface area contributed by atoms with E-state index in [4.69, 9.17) is 16.3 Å². The van der Waals surface area contributed by atoms with E-state index in [2.05, 4.69) is 20.7 Å². The highest BCUT2D eigenvalue weighted by Gasteiger charge is 2.08. The van der Waals surface area contributed by atoms with Crippen LogP contribution in [0.3, 0.4) is 0 Å². The standard InChI is InChI=1S/C21H18ClN5O2/c1-29-18-4-2-3-16(11-18)15-7-5-14(6-8-15)13-23-21(28)25-20-24-19-12-17(22)9-10-27(19)26-20/h2-12H,13H2,1H3,(H2,23,25,26,28). The van der Waals surface area contributed by atoms with E-state index in [0.29, 0.717) is 17.2 Å². The first-order valence-corrected chi connectivity index (χ1v) is 9.29. The number of ether oxygens (including phenoxy) is 1. The number of carbonyl (C=O) groups is 1. The number of urea groups is 1. The van der Waals surface area contributed by atoms with Crippen LogP contribution in [0.15, 0.2) is 66.9 Å². The molecule has 0 aliphatic heterocycles. The van der Waals surface area contributed by atoms with Gasteiger partial charge in [-0.2, -0.15) is 4.98 Å². The molecule has 4 rings (SSSR count). The predicted octanol–water partition coefficient (Wildman–Crippen LogP) is 4.38. The molecule has 146 valence electrons. The maximum atomic E-state index is 12.1. The van der Waals surface area contributed by atoms with Crippen molar-refractivity contribution in [2.24, 2.45) is 0 Å². The summed E-state index contributed by atoms with van der Waals surface area (Å²) in [7, 11) is 1.65. The molecule has 2 aromatic heterocycles. The minimum Gasteiger partial charge on any atom is -0.497 e. The highest BCUT2D eigenvalue weighted by Crippen LogP contribution is 2.24. The molecular formula is C21H18ClN5O2. The number of methoxy groups -OCH3 is 1. The second-order valence-electron chi connectivity index (χ2n) is 6.32. The summed E-state index contributed by atoms with van der Waals surface area (Å²) in [5, 5.41) is 10.1. The van der Waals surface area contributed by atoms with Crippen molar-refractivity contribution in [2.75, 3.05) is 12.4 Å². The van der Waals surface area contributed by atoms with Crippen LogP contribution in [0.25, 0.3) is 16.8 Å². The summed E-state index contributed by atoms with van der Waals surface area (Å²) in [6, 6.07) is 18.8. The minimum atomic E-state index is -0.385. The summed E-state index contributed by atoms with van der Waals surface area (Å²) < 4.78 is 6.81. The van der Waals surface area contributed by atoms with Gasteiger partial charge in [-0.3, -0.25) is 5.32 Å². The van der Waals surface area contributed by atoms with Gasteiger partial charge >= 0.3 is 6.03 Å². The molecule has 0 saturated carbocycles. The van der Waals surface area contributed by atoms with E-state index in [-0.39, 0.29) is 12.0 Å². The molecule has 2 heterocycles. The fraction of sp³-hybridized carbons (Fsp3) is 0.0952. The van der Waals surface area contributed by atoms with Gasteiger partial charge in [-0.15, -0.1) is 5.10 Å². The number of benzene rings is 2. The Morgan fingerprint density at radius 3 is 2.72 bits per heavy atom. The van der Waals surface area contributed by atoms with Crippen molar-refractivity contribution >= 4 is 29.2 Å². The van der Waals surface area contributed by atoms with Crippen LogP contribution in [0.5, 0.6) is 5.75 Å². The van der Waals surface area contributed by atoms with Gasteiger partial charge in [-0.25, -0.2) is 9.31 Å². The summed E-state index contributed by atoms with van der Waals surface area (Å²) in [6.45, 7) is 0.378. The SMILES string of the molecule is COc1cccc(-c2ccc(CNC(=O)Nc3nc4cc(Cl)ccn4n3)cc2)c1. The topological polar surface area (TPSA) is 80.5 Å². The fourth-order valence-electron chi connectivity index (χ4n) is 2.86. The molecule has 0 radical (unpaired) electrons. The lowest BCUT2D eigenvalue weighted by Gasteiger charge is -2.08. The molecule has 0 saturated heterocycles. The van der Waals surface area contributed by atoms with E-state index < -0.39 is 0 Å². The Morgan fingerprint density at radius 1 is 1.10 bits per heavy atom. The number of carbonyl (C=O) groups excluding carboxylic acids is 1. The van der Waals surface area contributed by atoms with Crippen molar-refractivity contribution in [1.29, 1.82) is 0 Å². The van der Waals surface area contributed by atoms with Crippen LogP contribution in [0.1, 0.15) is 5.56 Å². The molecule has 0 aliphatic carbocycles. The number of nitrogens with zero attached hydrogens (tertiary/aromatic N) is 3. The first kappa shape index (κ1) is 18.8. The summed E-state index contributed by atoms with van der Waals surface area (Å²) >= 11 is 5.93. The Bertz CT molecular complexity index is 1160. The zero-order valence-electron chi connectivity index (χ0n) is 15.6. The zero-order chi connectivity index (χ0) is 20.2. The lowest BCUT2D eigenvalue weighted by Crippen LogP contribution is -2.28. The molecule has 0 aliphatic rings. The first-order chi connectivity index (χ1) is 14.1. The van der Waals surface area contributed by atoms with Gasteiger partial charge in [0, 0.05) is 23.8 Å². The van der Waals surface area contributed by atoms with Crippen LogP contribution in [0.4, 0.5) is 10.7 Å². The maximum absolute atomic E-state index is 12.1. The third-order valence-electron chi connectivity index (χ3n) is 4.33. The van der Waals surface area contributed by atoms with Gasteiger partial charge < -0.3 is 10.1 Å². The third kappa shape index (κ3) is 4.47. The largest absolute Gasteiger partial charge is 0.497 e. The number of rotatable bonds is 5. The smallest absolute Gasteiger partial charge is 0.321 e. The van der Waals surface area contributed by atoms with Crippen LogP contribution in [0.2, 0.25) is 5.02 Å². The van der Waals surface area contributed by atoms with E-state index in [1.165, 1.54) is 0 Å². The quantitative estimate of drug-likeness (QED) is 0.514. The second-order valence-corrected chi connectivity index (χ2v) is 6.76. The van der Waals surface area contributed by atoms with E-state index >= 15 is 0 Å². The number of fused-ring (bicyclic) bond motifs is 1. The number of hydrogen-bond donors (Lipinski definition) is 2. The monoisotopic (exact) mass is 407 g/mol. The van der Waals surface area contributed by atoms with Gasteiger partial charge in [-0.05, 0) is 34.9 Å². The van der Waals surface area contributed by atoms with Crippen LogP contribution in [-0.4, -0.2) is 27.7 Å². The lowest BCUT2D eigenvalue weighted by molar-refractivity contribution is 0.251. The summed E-state index contributed by atoms with van der Waals surface area (Å²) in [6.07, 6.45) is 1.68. The molecular weight excluding hydrogens is 390 g/mol. The normalized spacial score (nSPS) is 10.7. The van der Waals surface area contributed by atoms with Crippen molar-refractivity contribution in [2.45, 2.75) is 6.54 Å². The van der Waals surface area contributed by atoms with Gasteiger partial charge in [0.1, 0.15) is 5.75 Å². The van der Waals surface area contributed by atoms with Crippen molar-refractivity contribution < 1.29 is 9.53 Å². The molecule has 8 heteroatoms.